The first-order valence-corrected chi connectivity index (χ1v) is 11.8. The highest BCUT2D eigenvalue weighted by Crippen LogP contribution is 2.39. The Morgan fingerprint density at radius 2 is 1.65 bits per heavy atom. The summed E-state index contributed by atoms with van der Waals surface area (Å²) in [6.07, 6.45) is 0.740. The van der Waals surface area contributed by atoms with Gasteiger partial charge in [0.1, 0.15) is 5.76 Å². The zero-order valence-corrected chi connectivity index (χ0v) is 20.2. The average molecular weight is 464 g/mol. The van der Waals surface area contributed by atoms with Crippen LogP contribution in [0.5, 0.6) is 0 Å². The van der Waals surface area contributed by atoms with E-state index in [0.717, 1.165) is 56.1 Å². The number of aliphatic hydroxyl groups excluding tert-OH is 1. The van der Waals surface area contributed by atoms with Crippen LogP contribution in [0.1, 0.15) is 29.2 Å². The topological polar surface area (TPSA) is 73.3 Å². The van der Waals surface area contributed by atoms with Gasteiger partial charge in [0.05, 0.1) is 24.8 Å². The first kappa shape index (κ1) is 24.0. The molecule has 0 saturated carbocycles. The van der Waals surface area contributed by atoms with Gasteiger partial charge in [-0.1, -0.05) is 42.0 Å². The van der Waals surface area contributed by atoms with Crippen LogP contribution in [0.2, 0.25) is 0 Å². The monoisotopic (exact) mass is 463 g/mol. The van der Waals surface area contributed by atoms with Gasteiger partial charge in [-0.05, 0) is 31.0 Å². The number of morpholine rings is 1. The number of hydrogen-bond acceptors (Lipinski definition) is 6. The number of amides is 1. The average Bonchev–Trinajstić information content (AvgIpc) is 3.10. The number of rotatable bonds is 7. The van der Waals surface area contributed by atoms with E-state index in [2.05, 4.69) is 4.90 Å². The van der Waals surface area contributed by atoms with Crippen LogP contribution >= 0.6 is 0 Å². The Morgan fingerprint density at radius 1 is 1.00 bits per heavy atom. The highest BCUT2D eigenvalue weighted by atomic mass is 16.5. The standard InChI is InChI=1S/C27H33N3O4/c1-19-5-7-21(8-6-19)25(31)23-24(20-9-11-22(12-10-20)28(2)3)30(27(33)26(23)32)14-4-13-29-15-17-34-18-16-29/h5-12,24,31H,4,13-18H2,1-3H3/t24-/m0/s1. The van der Waals surface area contributed by atoms with Crippen molar-refractivity contribution in [2.24, 2.45) is 0 Å². The Balaban J connectivity index is 1.67. The van der Waals surface area contributed by atoms with Gasteiger partial charge in [-0.2, -0.15) is 0 Å². The van der Waals surface area contributed by atoms with Crippen LogP contribution in [0.4, 0.5) is 5.69 Å². The Kier molecular flexibility index (Phi) is 7.34. The second kappa shape index (κ2) is 10.4. The van der Waals surface area contributed by atoms with Crippen molar-refractivity contribution in [2.45, 2.75) is 19.4 Å². The lowest BCUT2D eigenvalue weighted by molar-refractivity contribution is -0.140. The van der Waals surface area contributed by atoms with Gasteiger partial charge in [-0.15, -0.1) is 0 Å². The molecule has 2 aliphatic heterocycles. The number of likely N-dealkylation sites (tertiary alicyclic amines) is 1. The first-order valence-electron chi connectivity index (χ1n) is 11.8. The molecule has 0 spiro atoms. The molecule has 7 heteroatoms. The maximum atomic E-state index is 13.2. The third-order valence-electron chi connectivity index (χ3n) is 6.57. The molecular weight excluding hydrogens is 430 g/mol. The number of aliphatic hydroxyl groups is 1. The molecule has 2 heterocycles. The van der Waals surface area contributed by atoms with Gasteiger partial charge in [-0.25, -0.2) is 0 Å². The summed E-state index contributed by atoms with van der Waals surface area (Å²) in [6.45, 7) is 6.43. The molecule has 2 aliphatic rings. The normalized spacial score (nSPS) is 20.7. The number of carbonyl (C=O) groups is 2. The molecule has 0 unspecified atom stereocenters. The van der Waals surface area contributed by atoms with Crippen molar-refractivity contribution in [1.82, 2.24) is 9.80 Å². The predicted molar refractivity (Wildman–Crippen MR) is 133 cm³/mol. The van der Waals surface area contributed by atoms with Crippen LogP contribution in [-0.4, -0.2) is 80.1 Å². The summed E-state index contributed by atoms with van der Waals surface area (Å²) in [5.41, 5.74) is 3.57. The minimum Gasteiger partial charge on any atom is -0.507 e. The zero-order chi connectivity index (χ0) is 24.2. The number of nitrogens with zero attached hydrogens (tertiary/aromatic N) is 3. The van der Waals surface area contributed by atoms with Crippen molar-refractivity contribution in [3.05, 3.63) is 70.8 Å². The van der Waals surface area contributed by atoms with Crippen LogP contribution in [0.25, 0.3) is 5.76 Å². The summed E-state index contributed by atoms with van der Waals surface area (Å²) < 4.78 is 5.41. The lowest BCUT2D eigenvalue weighted by atomic mass is 9.94. The van der Waals surface area contributed by atoms with Crippen molar-refractivity contribution in [2.75, 3.05) is 58.4 Å². The van der Waals surface area contributed by atoms with E-state index in [1.165, 1.54) is 0 Å². The first-order chi connectivity index (χ1) is 16.4. The van der Waals surface area contributed by atoms with Crippen LogP contribution in [-0.2, 0) is 14.3 Å². The van der Waals surface area contributed by atoms with E-state index in [-0.39, 0.29) is 11.3 Å². The molecule has 2 aromatic rings. The molecule has 34 heavy (non-hydrogen) atoms. The highest BCUT2D eigenvalue weighted by molar-refractivity contribution is 6.46. The quantitative estimate of drug-likeness (QED) is 0.386. The molecule has 1 N–H and O–H groups in total. The third kappa shape index (κ3) is 5.00. The van der Waals surface area contributed by atoms with Gasteiger partial charge in [0.15, 0.2) is 0 Å². The fourth-order valence-electron chi connectivity index (χ4n) is 4.57. The van der Waals surface area contributed by atoms with Crippen LogP contribution < -0.4 is 4.90 Å². The summed E-state index contributed by atoms with van der Waals surface area (Å²) in [5.74, 6) is -1.32. The Bertz CT molecular complexity index is 1050. The Hall–Kier alpha value is -3.16. The van der Waals surface area contributed by atoms with E-state index >= 15 is 0 Å². The zero-order valence-electron chi connectivity index (χ0n) is 20.2. The molecule has 0 aliphatic carbocycles. The number of carbonyl (C=O) groups excluding carboxylic acids is 2. The van der Waals surface area contributed by atoms with Crippen LogP contribution in [0, 0.1) is 6.92 Å². The second-order valence-electron chi connectivity index (χ2n) is 9.15. The fourth-order valence-corrected chi connectivity index (χ4v) is 4.57. The van der Waals surface area contributed by atoms with E-state index in [0.29, 0.717) is 12.1 Å². The second-order valence-corrected chi connectivity index (χ2v) is 9.15. The molecular formula is C27H33N3O4. The number of Topliss-reactive ketones (excluding diaryl/α,β-unsaturated/α-hetero) is 1. The number of benzene rings is 2. The van der Waals surface area contributed by atoms with Crippen molar-refractivity contribution in [3.63, 3.8) is 0 Å². The minimum absolute atomic E-state index is 0.129. The molecule has 1 amide bonds. The van der Waals surface area contributed by atoms with E-state index in [1.54, 1.807) is 17.0 Å². The lowest BCUT2D eigenvalue weighted by Crippen LogP contribution is -2.38. The molecule has 4 rings (SSSR count). The number of hydrogen-bond donors (Lipinski definition) is 1. The summed E-state index contributed by atoms with van der Waals surface area (Å²) in [6, 6.07) is 14.5. The van der Waals surface area contributed by atoms with E-state index in [1.807, 2.05) is 62.3 Å². The van der Waals surface area contributed by atoms with Crippen LogP contribution in [0.3, 0.4) is 0 Å². The van der Waals surface area contributed by atoms with E-state index < -0.39 is 17.7 Å². The molecule has 180 valence electrons. The van der Waals surface area contributed by atoms with Gasteiger partial charge in [0.25, 0.3) is 11.7 Å². The van der Waals surface area contributed by atoms with Gasteiger partial charge in [0.2, 0.25) is 0 Å². The number of ketones is 1. The van der Waals surface area contributed by atoms with Crippen molar-refractivity contribution < 1.29 is 19.4 Å². The largest absolute Gasteiger partial charge is 0.507 e. The SMILES string of the molecule is Cc1ccc(C(O)=C2C(=O)C(=O)N(CCCN3CCOCC3)[C@H]2c2ccc(N(C)C)cc2)cc1. The van der Waals surface area contributed by atoms with E-state index in [9.17, 15) is 14.7 Å². The predicted octanol–water partition coefficient (Wildman–Crippen LogP) is 3.21. The van der Waals surface area contributed by atoms with E-state index in [4.69, 9.17) is 4.74 Å². The molecule has 2 fully saturated rings. The number of aryl methyl sites for hydroxylation is 1. The Labute approximate surface area is 201 Å². The third-order valence-corrected chi connectivity index (χ3v) is 6.57. The Morgan fingerprint density at radius 3 is 2.26 bits per heavy atom. The summed E-state index contributed by atoms with van der Waals surface area (Å²) in [5, 5.41) is 11.2. The molecule has 7 nitrogen and oxygen atoms in total. The molecule has 2 saturated heterocycles. The molecule has 1 atom stereocenters. The van der Waals surface area contributed by atoms with Crippen LogP contribution in [0.15, 0.2) is 54.1 Å². The summed E-state index contributed by atoms with van der Waals surface area (Å²) in [4.78, 5) is 32.2. The highest BCUT2D eigenvalue weighted by Gasteiger charge is 2.45. The van der Waals surface area contributed by atoms with Gasteiger partial charge in [-0.3, -0.25) is 14.5 Å². The van der Waals surface area contributed by atoms with Gasteiger partial charge < -0.3 is 19.6 Å². The molecule has 0 aromatic heterocycles. The van der Waals surface area contributed by atoms with Crippen molar-refractivity contribution in [3.8, 4) is 0 Å². The van der Waals surface area contributed by atoms with Crippen molar-refractivity contribution in [1.29, 1.82) is 0 Å². The molecule has 0 radical (unpaired) electrons. The fraction of sp³-hybridized carbons (Fsp3) is 0.407. The smallest absolute Gasteiger partial charge is 0.295 e. The molecule has 0 bridgehead atoms. The summed E-state index contributed by atoms with van der Waals surface area (Å²) in [7, 11) is 3.92. The number of ether oxygens (including phenoxy) is 1. The lowest BCUT2D eigenvalue weighted by Gasteiger charge is -2.29. The minimum atomic E-state index is -0.633. The maximum absolute atomic E-state index is 13.2. The van der Waals surface area contributed by atoms with Crippen molar-refractivity contribution >= 4 is 23.1 Å². The molecule has 2 aromatic carbocycles. The number of anilines is 1. The van der Waals surface area contributed by atoms with Gasteiger partial charge in [0, 0.05) is 51.5 Å². The summed E-state index contributed by atoms with van der Waals surface area (Å²) >= 11 is 0. The van der Waals surface area contributed by atoms with Gasteiger partial charge >= 0.3 is 0 Å². The maximum Gasteiger partial charge on any atom is 0.295 e.